The number of benzene rings is 3. The van der Waals surface area contributed by atoms with Crippen LogP contribution in [0.15, 0.2) is 65.1 Å². The quantitative estimate of drug-likeness (QED) is 0.411. The van der Waals surface area contributed by atoms with E-state index in [4.69, 9.17) is 9.15 Å². The Morgan fingerprint density at radius 2 is 1.61 bits per heavy atom. The Kier molecular flexibility index (Phi) is 5.49. The Morgan fingerprint density at radius 3 is 2.32 bits per heavy atom. The molecule has 0 bridgehead atoms. The number of rotatable bonds is 6. The first-order chi connectivity index (χ1) is 14.9. The van der Waals surface area contributed by atoms with Crippen LogP contribution in [0.1, 0.15) is 13.8 Å². The van der Waals surface area contributed by atoms with Gasteiger partial charge >= 0.3 is 0 Å². The minimum absolute atomic E-state index is 0.135. The number of hydrogen-bond donors (Lipinski definition) is 3. The number of ether oxygens (including phenoxy) is 1. The zero-order valence-electron chi connectivity index (χ0n) is 17.5. The van der Waals surface area contributed by atoms with Crippen LogP contribution < -0.4 is 20.7 Å². The van der Waals surface area contributed by atoms with E-state index in [1.165, 1.54) is 6.92 Å². The molecule has 7 nitrogen and oxygen atoms in total. The van der Waals surface area contributed by atoms with Crippen LogP contribution in [0.5, 0.6) is 5.75 Å². The van der Waals surface area contributed by atoms with Gasteiger partial charge in [0.15, 0.2) is 0 Å². The zero-order chi connectivity index (χ0) is 22.0. The van der Waals surface area contributed by atoms with Gasteiger partial charge in [0.2, 0.25) is 11.8 Å². The van der Waals surface area contributed by atoms with Crippen LogP contribution in [0.2, 0.25) is 0 Å². The lowest BCUT2D eigenvalue weighted by Gasteiger charge is -2.17. The summed E-state index contributed by atoms with van der Waals surface area (Å²) >= 11 is 0. The van der Waals surface area contributed by atoms with Gasteiger partial charge in [-0.2, -0.15) is 0 Å². The molecule has 4 rings (SSSR count). The Hall–Kier alpha value is -4.00. The highest BCUT2D eigenvalue weighted by Crippen LogP contribution is 2.36. The van der Waals surface area contributed by atoms with Crippen molar-refractivity contribution in [2.75, 3.05) is 23.1 Å². The molecule has 0 spiro atoms. The highest BCUT2D eigenvalue weighted by Gasteiger charge is 2.17. The van der Waals surface area contributed by atoms with E-state index in [0.29, 0.717) is 22.7 Å². The topological polar surface area (TPSA) is 92.6 Å². The number of amides is 2. The van der Waals surface area contributed by atoms with Gasteiger partial charge in [-0.15, -0.1) is 0 Å². The molecule has 4 aromatic rings. The van der Waals surface area contributed by atoms with Crippen molar-refractivity contribution >= 4 is 50.8 Å². The second-order valence-corrected chi connectivity index (χ2v) is 7.26. The molecule has 0 fully saturated rings. The van der Waals surface area contributed by atoms with Crippen LogP contribution in [0, 0.1) is 0 Å². The zero-order valence-corrected chi connectivity index (χ0v) is 17.5. The van der Waals surface area contributed by atoms with E-state index < -0.39 is 6.04 Å². The summed E-state index contributed by atoms with van der Waals surface area (Å²) in [4.78, 5) is 23.9. The van der Waals surface area contributed by atoms with Crippen LogP contribution >= 0.6 is 0 Å². The molecule has 0 unspecified atom stereocenters. The maximum atomic E-state index is 12.8. The first kappa shape index (κ1) is 20.3. The van der Waals surface area contributed by atoms with Crippen molar-refractivity contribution in [3.8, 4) is 5.75 Å². The normalized spacial score (nSPS) is 11.8. The summed E-state index contributed by atoms with van der Waals surface area (Å²) in [5.41, 5.74) is 3.44. The van der Waals surface area contributed by atoms with Gasteiger partial charge in [-0.05, 0) is 43.3 Å². The third kappa shape index (κ3) is 4.30. The molecular formula is C24H23N3O4. The van der Waals surface area contributed by atoms with Gasteiger partial charge in [-0.25, -0.2) is 0 Å². The first-order valence-electron chi connectivity index (χ1n) is 9.89. The fourth-order valence-electron chi connectivity index (χ4n) is 3.43. The molecule has 7 heteroatoms. The molecule has 3 aromatic carbocycles. The Balaban J connectivity index is 1.51. The number of fused-ring (bicyclic) bond motifs is 3. The Labute approximate surface area is 179 Å². The van der Waals surface area contributed by atoms with E-state index >= 15 is 0 Å². The average molecular weight is 417 g/mol. The molecule has 0 radical (unpaired) electrons. The van der Waals surface area contributed by atoms with Gasteiger partial charge < -0.3 is 25.1 Å². The van der Waals surface area contributed by atoms with E-state index in [9.17, 15) is 9.59 Å². The predicted octanol–water partition coefficient (Wildman–Crippen LogP) is 4.99. The van der Waals surface area contributed by atoms with Crippen LogP contribution in [-0.2, 0) is 9.59 Å². The van der Waals surface area contributed by atoms with E-state index in [1.807, 2.05) is 30.3 Å². The number of nitrogens with one attached hydrogen (secondary N) is 3. The van der Waals surface area contributed by atoms with Crippen LogP contribution in [0.4, 0.5) is 17.1 Å². The molecule has 31 heavy (non-hydrogen) atoms. The third-order valence-corrected chi connectivity index (χ3v) is 4.94. The maximum absolute atomic E-state index is 12.8. The lowest BCUT2D eigenvalue weighted by molar-refractivity contribution is -0.116. The molecule has 3 N–H and O–H groups in total. The standard InChI is InChI=1S/C24H23N3O4/c1-14(25-16-8-10-17(11-9-16)26-15(2)28)24(29)27-20-13-22-19(12-23(20)30-3)18-6-4-5-7-21(18)31-22/h4-14,25H,1-3H3,(H,26,28)(H,27,29)/t14-/m1/s1. The van der Waals surface area contributed by atoms with Crippen LogP contribution in [0.3, 0.4) is 0 Å². The Bertz CT molecular complexity index is 1260. The SMILES string of the molecule is COc1cc2c(cc1NC(=O)[C@@H](C)Nc1ccc(NC(C)=O)cc1)oc1ccccc12. The first-order valence-corrected chi connectivity index (χ1v) is 9.89. The van der Waals surface area contributed by atoms with Gasteiger partial charge in [-0.3, -0.25) is 9.59 Å². The van der Waals surface area contributed by atoms with Crippen molar-refractivity contribution < 1.29 is 18.7 Å². The number of methoxy groups -OCH3 is 1. The molecule has 0 aliphatic heterocycles. The monoisotopic (exact) mass is 417 g/mol. The fraction of sp³-hybridized carbons (Fsp3) is 0.167. The summed E-state index contributed by atoms with van der Waals surface area (Å²) in [6, 6.07) is 18.0. The smallest absolute Gasteiger partial charge is 0.246 e. The number of furan rings is 1. The number of carbonyl (C=O) groups is 2. The van der Waals surface area contributed by atoms with Gasteiger partial charge in [-0.1, -0.05) is 18.2 Å². The highest BCUT2D eigenvalue weighted by atomic mass is 16.5. The lowest BCUT2D eigenvalue weighted by Crippen LogP contribution is -2.32. The van der Waals surface area contributed by atoms with Gasteiger partial charge in [0.05, 0.1) is 12.8 Å². The van der Waals surface area contributed by atoms with Crippen molar-refractivity contribution in [3.63, 3.8) is 0 Å². The van der Waals surface area contributed by atoms with E-state index in [2.05, 4.69) is 16.0 Å². The maximum Gasteiger partial charge on any atom is 0.246 e. The third-order valence-electron chi connectivity index (χ3n) is 4.94. The van der Waals surface area contributed by atoms with Crippen molar-refractivity contribution in [2.24, 2.45) is 0 Å². The van der Waals surface area contributed by atoms with E-state index in [-0.39, 0.29) is 11.8 Å². The average Bonchev–Trinajstić information content (AvgIpc) is 3.11. The summed E-state index contributed by atoms with van der Waals surface area (Å²) in [5, 5.41) is 10.7. The summed E-state index contributed by atoms with van der Waals surface area (Å²) in [5.74, 6) is 0.197. The van der Waals surface area contributed by atoms with Crippen LogP contribution in [-0.4, -0.2) is 25.0 Å². The van der Waals surface area contributed by atoms with Crippen molar-refractivity contribution in [3.05, 3.63) is 60.7 Å². The molecular weight excluding hydrogens is 394 g/mol. The second-order valence-electron chi connectivity index (χ2n) is 7.26. The molecule has 1 atom stereocenters. The molecule has 1 aromatic heterocycles. The van der Waals surface area contributed by atoms with E-state index in [1.54, 1.807) is 44.4 Å². The molecule has 0 aliphatic rings. The van der Waals surface area contributed by atoms with Crippen LogP contribution in [0.25, 0.3) is 21.9 Å². The minimum Gasteiger partial charge on any atom is -0.495 e. The van der Waals surface area contributed by atoms with Gasteiger partial charge in [0.25, 0.3) is 0 Å². The molecule has 0 saturated heterocycles. The fourth-order valence-corrected chi connectivity index (χ4v) is 3.43. The molecule has 0 saturated carbocycles. The van der Waals surface area contributed by atoms with Gasteiger partial charge in [0.1, 0.15) is 23.0 Å². The summed E-state index contributed by atoms with van der Waals surface area (Å²) in [7, 11) is 1.57. The molecule has 1 heterocycles. The number of hydrogen-bond acceptors (Lipinski definition) is 5. The van der Waals surface area contributed by atoms with Crippen molar-refractivity contribution in [1.29, 1.82) is 0 Å². The highest BCUT2D eigenvalue weighted by molar-refractivity contribution is 6.08. The number of para-hydroxylation sites is 1. The number of anilines is 3. The van der Waals surface area contributed by atoms with E-state index in [0.717, 1.165) is 22.0 Å². The summed E-state index contributed by atoms with van der Waals surface area (Å²) in [6.45, 7) is 3.22. The molecule has 0 aliphatic carbocycles. The predicted molar refractivity (Wildman–Crippen MR) is 123 cm³/mol. The van der Waals surface area contributed by atoms with Crippen molar-refractivity contribution in [1.82, 2.24) is 0 Å². The molecule has 158 valence electrons. The lowest BCUT2D eigenvalue weighted by atomic mass is 10.1. The molecule has 2 amide bonds. The number of carbonyl (C=O) groups excluding carboxylic acids is 2. The minimum atomic E-state index is -0.511. The van der Waals surface area contributed by atoms with Crippen molar-refractivity contribution in [2.45, 2.75) is 19.9 Å². The second kappa shape index (κ2) is 8.39. The summed E-state index contributed by atoms with van der Waals surface area (Å²) < 4.78 is 11.4. The largest absolute Gasteiger partial charge is 0.495 e. The summed E-state index contributed by atoms with van der Waals surface area (Å²) in [6.07, 6.45) is 0. The Morgan fingerprint density at radius 1 is 0.903 bits per heavy atom. The van der Waals surface area contributed by atoms with Gasteiger partial charge in [0, 0.05) is 35.1 Å².